The van der Waals surface area contributed by atoms with Gasteiger partial charge in [0, 0.05) is 48.4 Å². The molecular formula is C42H50BF5N4O12. The molecule has 2 aromatic carbocycles. The zero-order valence-corrected chi connectivity index (χ0v) is 35.2. The fraction of sp³-hybridized carbons (Fsp3) is 0.524. The lowest BCUT2D eigenvalue weighted by molar-refractivity contribution is 0.0290. The van der Waals surface area contributed by atoms with Crippen LogP contribution in [0.5, 0.6) is 11.5 Å². The molecule has 2 aliphatic heterocycles. The third-order valence-corrected chi connectivity index (χ3v) is 12.4. The number of hydrogen-bond acceptors (Lipinski definition) is 13. The summed E-state index contributed by atoms with van der Waals surface area (Å²) >= 11 is 0. The van der Waals surface area contributed by atoms with E-state index in [1.54, 1.807) is 9.47 Å². The Balaban J connectivity index is 0.000000178. The van der Waals surface area contributed by atoms with Crippen LogP contribution >= 0.6 is 0 Å². The zero-order valence-electron chi connectivity index (χ0n) is 35.2. The summed E-state index contributed by atoms with van der Waals surface area (Å²) in [6.45, 7) is 2.59. The first-order valence-corrected chi connectivity index (χ1v) is 20.7. The fourth-order valence-electron chi connectivity index (χ4n) is 8.17. The minimum atomic E-state index is -3.40. The number of fused-ring (bicyclic) bond motifs is 2. The number of anilines is 1. The number of ether oxygens (including phenoxy) is 2. The van der Waals surface area contributed by atoms with Gasteiger partial charge in [-0.15, -0.1) is 0 Å². The molecule has 2 saturated heterocycles. The van der Waals surface area contributed by atoms with Crippen molar-refractivity contribution in [2.45, 2.75) is 63.5 Å². The van der Waals surface area contributed by atoms with Crippen LogP contribution in [0.2, 0.25) is 0 Å². The van der Waals surface area contributed by atoms with E-state index in [4.69, 9.17) is 19.7 Å². The van der Waals surface area contributed by atoms with Crippen molar-refractivity contribution in [1.29, 1.82) is 0 Å². The van der Waals surface area contributed by atoms with Gasteiger partial charge in [0.05, 0.1) is 62.5 Å². The number of aromatic nitrogens is 2. The molecule has 0 bridgehead atoms. The second-order valence-electron chi connectivity index (χ2n) is 16.6. The average molecular weight is 909 g/mol. The zero-order chi connectivity index (χ0) is 46.7. The third kappa shape index (κ3) is 9.70. The maximum Gasteiger partial charge on any atom is 0.798 e. The third-order valence-electron chi connectivity index (χ3n) is 12.4. The van der Waals surface area contributed by atoms with Gasteiger partial charge in [-0.3, -0.25) is 9.59 Å². The monoisotopic (exact) mass is 908 g/mol. The molecule has 348 valence electrons. The van der Waals surface area contributed by atoms with Gasteiger partial charge in [0.15, 0.2) is 23.1 Å². The predicted octanol–water partition coefficient (Wildman–Crippen LogP) is 3.80. The lowest BCUT2D eigenvalue weighted by Crippen LogP contribution is -2.44. The molecular weight excluding hydrogens is 858 g/mol. The Morgan fingerprint density at radius 3 is 1.62 bits per heavy atom. The summed E-state index contributed by atoms with van der Waals surface area (Å²) in [5.41, 5.74) is -3.05. The summed E-state index contributed by atoms with van der Waals surface area (Å²) in [5, 5.41) is 49.4. The van der Waals surface area contributed by atoms with Crippen LogP contribution in [0, 0.1) is 28.3 Å². The number of halogens is 5. The van der Waals surface area contributed by atoms with Crippen molar-refractivity contribution in [2.75, 3.05) is 71.7 Å². The highest BCUT2D eigenvalue weighted by molar-refractivity contribution is 6.38. The maximum atomic E-state index is 15.3. The molecule has 8 rings (SSSR count). The molecule has 22 heteroatoms. The number of aliphatic hydroxyl groups excluding tert-OH is 4. The van der Waals surface area contributed by atoms with Gasteiger partial charge in [-0.2, -0.15) is 4.39 Å². The van der Waals surface area contributed by atoms with Gasteiger partial charge >= 0.3 is 19.4 Å². The highest BCUT2D eigenvalue weighted by Gasteiger charge is 2.38. The summed E-state index contributed by atoms with van der Waals surface area (Å²) in [5.74, 6) is -6.45. The van der Waals surface area contributed by atoms with Crippen LogP contribution in [0.15, 0.2) is 34.1 Å². The smallest absolute Gasteiger partial charge is 0.492 e. The number of carbonyl (C=O) groups is 2. The molecule has 0 spiro atoms. The number of nitrogens with one attached hydrogen (secondary N) is 1. The number of rotatable bonds is 12. The molecule has 16 nitrogen and oxygen atoms in total. The highest BCUT2D eigenvalue weighted by Crippen LogP contribution is 2.45. The Bertz CT molecular complexity index is 2490. The summed E-state index contributed by atoms with van der Waals surface area (Å²) < 4.78 is 84.7. The Morgan fingerprint density at radius 2 is 1.19 bits per heavy atom. The molecule has 4 aliphatic rings. The Hall–Kier alpha value is -5.29. The van der Waals surface area contributed by atoms with Crippen LogP contribution in [0.1, 0.15) is 84.2 Å². The number of piperidine rings is 2. The first-order chi connectivity index (χ1) is 30.5. The SMILES string of the molecule is COc1c(F)c(F)cc2c(=O)c(C(=O)OB(F)F)cn(C3CC3)c12.COc1c(N2CCC(CO)(CO)CC2)c(F)cc2c(=O)c(C(=O)O)cn(C3CC3)c12.OCC1(CO)CCNCC1. The lowest BCUT2D eigenvalue weighted by atomic mass is 9.80. The number of aromatic carboxylic acids is 1. The van der Waals surface area contributed by atoms with Crippen molar-refractivity contribution in [2.24, 2.45) is 10.8 Å². The fourth-order valence-corrected chi connectivity index (χ4v) is 8.17. The molecule has 0 amide bonds. The van der Waals surface area contributed by atoms with E-state index in [0.29, 0.717) is 50.4 Å². The van der Waals surface area contributed by atoms with Gasteiger partial charge in [0.2, 0.25) is 16.7 Å². The highest BCUT2D eigenvalue weighted by atomic mass is 19.2. The second kappa shape index (κ2) is 19.8. The number of carboxylic acids is 1. The molecule has 2 aliphatic carbocycles. The van der Waals surface area contributed by atoms with Gasteiger partial charge in [-0.05, 0) is 76.6 Å². The quantitative estimate of drug-likeness (QED) is 0.0880. The Morgan fingerprint density at radius 1 is 0.734 bits per heavy atom. The summed E-state index contributed by atoms with van der Waals surface area (Å²) in [7, 11) is -0.889. The van der Waals surface area contributed by atoms with E-state index < -0.39 is 70.0 Å². The second-order valence-corrected chi connectivity index (χ2v) is 16.6. The number of aliphatic hydroxyl groups is 4. The number of carboxylic acid groups (broad SMARTS) is 1. The van der Waals surface area contributed by atoms with Crippen LogP contribution in [-0.4, -0.2) is 121 Å². The summed E-state index contributed by atoms with van der Waals surface area (Å²) in [4.78, 5) is 50.2. The normalized spacial score (nSPS) is 17.8. The van der Waals surface area contributed by atoms with Crippen molar-refractivity contribution in [3.63, 3.8) is 0 Å². The van der Waals surface area contributed by atoms with Gasteiger partial charge < -0.3 is 59.0 Å². The van der Waals surface area contributed by atoms with Crippen molar-refractivity contribution >= 4 is 46.9 Å². The number of carbonyl (C=O) groups excluding carboxylic acids is 1. The van der Waals surface area contributed by atoms with Crippen LogP contribution in [0.3, 0.4) is 0 Å². The van der Waals surface area contributed by atoms with Crippen LogP contribution < -0.4 is 30.5 Å². The number of nitrogens with zero attached hydrogens (tertiary/aromatic N) is 3. The van der Waals surface area contributed by atoms with E-state index >= 15 is 4.39 Å². The molecule has 2 aromatic heterocycles. The van der Waals surface area contributed by atoms with E-state index in [0.717, 1.165) is 58.1 Å². The summed E-state index contributed by atoms with van der Waals surface area (Å²) in [6.07, 6.45) is 8.10. The average Bonchev–Trinajstić information content (AvgIpc) is 4.24. The molecule has 0 radical (unpaired) electrons. The molecule has 4 fully saturated rings. The minimum Gasteiger partial charge on any atom is -0.492 e. The number of methoxy groups -OCH3 is 2. The minimum absolute atomic E-state index is 0.0167. The topological polar surface area (TPSA) is 222 Å². The Kier molecular flexibility index (Phi) is 14.9. The molecule has 64 heavy (non-hydrogen) atoms. The molecule has 4 heterocycles. The molecule has 4 aromatic rings. The molecule has 2 saturated carbocycles. The van der Waals surface area contributed by atoms with Gasteiger partial charge in [0.1, 0.15) is 16.8 Å². The first-order valence-electron chi connectivity index (χ1n) is 20.7. The van der Waals surface area contributed by atoms with E-state index in [-0.39, 0.29) is 71.7 Å². The van der Waals surface area contributed by atoms with Gasteiger partial charge in [-0.25, -0.2) is 27.0 Å². The van der Waals surface area contributed by atoms with Gasteiger partial charge in [0.25, 0.3) is 0 Å². The van der Waals surface area contributed by atoms with E-state index in [9.17, 15) is 51.9 Å². The lowest BCUT2D eigenvalue weighted by Gasteiger charge is -2.41. The maximum absolute atomic E-state index is 15.3. The molecule has 6 N–H and O–H groups in total. The predicted molar refractivity (Wildman–Crippen MR) is 223 cm³/mol. The standard InChI is InChI=1S/C21H25FN2O6.C14H10BF4NO4.C7H15NO2/c1-30-19-16-13(18(27)14(20(28)29)9-24(16)12-2-3-12)8-15(22)17(19)23-6-4-21(10-25,11-26)5-7-23;1-23-13-10(17)9(16)4-7-11(13)20(6-2-3-6)5-8(12(7)21)14(22)24-15(18)19;9-5-7(6-10)1-3-8-4-2-7/h8-9,12,25-26H,2-7,10-11H2,1H3,(H,28,29);4-6H,2-3H2,1H3;8-10H,1-6H2. The van der Waals surface area contributed by atoms with Crippen molar-refractivity contribution in [3.8, 4) is 11.5 Å². The van der Waals surface area contributed by atoms with Crippen LogP contribution in [0.25, 0.3) is 21.8 Å². The number of hydrogen-bond donors (Lipinski definition) is 6. The van der Waals surface area contributed by atoms with E-state index in [1.165, 1.54) is 17.9 Å². The largest absolute Gasteiger partial charge is 0.798 e. The number of benzene rings is 2. The van der Waals surface area contributed by atoms with Crippen molar-refractivity contribution in [1.82, 2.24) is 14.5 Å². The van der Waals surface area contributed by atoms with Crippen molar-refractivity contribution < 1.29 is 71.1 Å². The van der Waals surface area contributed by atoms with Crippen LogP contribution in [-0.2, 0) is 4.65 Å². The van der Waals surface area contributed by atoms with Crippen LogP contribution in [0.4, 0.5) is 27.5 Å². The number of pyridine rings is 2. The molecule has 0 unspecified atom stereocenters. The molecule has 0 atom stereocenters. The first kappa shape index (κ1) is 48.2. The Labute approximate surface area is 363 Å². The van der Waals surface area contributed by atoms with E-state index in [2.05, 4.69) is 9.97 Å². The van der Waals surface area contributed by atoms with Gasteiger partial charge in [-0.1, -0.05) is 0 Å². The summed E-state index contributed by atoms with van der Waals surface area (Å²) in [6, 6.07) is 1.58. The van der Waals surface area contributed by atoms with Crippen molar-refractivity contribution in [3.05, 3.63) is 73.6 Å². The van der Waals surface area contributed by atoms with E-state index in [1.807, 2.05) is 0 Å².